The van der Waals surface area contributed by atoms with Crippen molar-refractivity contribution in [2.75, 3.05) is 11.9 Å². The minimum atomic E-state index is -3.61. The molecule has 0 atom stereocenters. The second-order valence-electron chi connectivity index (χ2n) is 4.58. The Labute approximate surface area is 124 Å². The van der Waals surface area contributed by atoms with E-state index in [0.29, 0.717) is 18.1 Å². The van der Waals surface area contributed by atoms with Gasteiger partial charge in [-0.1, -0.05) is 19.1 Å². The van der Waals surface area contributed by atoms with E-state index >= 15 is 0 Å². The number of hydrogen-bond acceptors (Lipinski definition) is 5. The zero-order chi connectivity index (χ0) is 15.3. The topological polar surface area (TPSA) is 88.9 Å². The first-order valence-electron chi connectivity index (χ1n) is 6.70. The van der Waals surface area contributed by atoms with Crippen LogP contribution in [0.3, 0.4) is 0 Å². The molecular formula is C13H19N5O2S. The minimum absolute atomic E-state index is 0.0608. The molecule has 2 aromatic rings. The summed E-state index contributed by atoms with van der Waals surface area (Å²) in [6.07, 6.45) is 2.44. The van der Waals surface area contributed by atoms with Crippen molar-refractivity contribution in [3.8, 4) is 0 Å². The van der Waals surface area contributed by atoms with E-state index in [1.807, 2.05) is 6.92 Å². The van der Waals surface area contributed by atoms with Crippen LogP contribution in [0.25, 0.3) is 0 Å². The summed E-state index contributed by atoms with van der Waals surface area (Å²) in [5.41, 5.74) is 0.598. The van der Waals surface area contributed by atoms with Crippen molar-refractivity contribution in [2.24, 2.45) is 7.05 Å². The zero-order valence-corrected chi connectivity index (χ0v) is 12.9. The first-order valence-corrected chi connectivity index (χ1v) is 8.18. The van der Waals surface area contributed by atoms with Crippen molar-refractivity contribution in [3.63, 3.8) is 0 Å². The summed E-state index contributed by atoms with van der Waals surface area (Å²) in [5.74, 6) is 0.431. The van der Waals surface area contributed by atoms with E-state index in [9.17, 15) is 8.42 Å². The van der Waals surface area contributed by atoms with E-state index < -0.39 is 10.0 Å². The van der Waals surface area contributed by atoms with E-state index in [4.69, 9.17) is 0 Å². The van der Waals surface area contributed by atoms with E-state index in [1.165, 1.54) is 11.0 Å². The maximum Gasteiger partial charge on any atom is 0.243 e. The molecule has 2 rings (SSSR count). The Kier molecular flexibility index (Phi) is 4.92. The maximum atomic E-state index is 12.4. The molecule has 1 aromatic heterocycles. The van der Waals surface area contributed by atoms with Crippen LogP contribution in [0.1, 0.15) is 19.2 Å². The van der Waals surface area contributed by atoms with Gasteiger partial charge in [0.1, 0.15) is 11.2 Å². The summed E-state index contributed by atoms with van der Waals surface area (Å²) in [5, 5.41) is 7.16. The van der Waals surface area contributed by atoms with Gasteiger partial charge in [-0.2, -0.15) is 5.10 Å². The lowest BCUT2D eigenvalue weighted by Crippen LogP contribution is -2.25. The summed E-state index contributed by atoms with van der Waals surface area (Å²) in [6, 6.07) is 6.83. The molecule has 0 spiro atoms. The average Bonchev–Trinajstić information content (AvgIpc) is 2.89. The Morgan fingerprint density at radius 3 is 2.71 bits per heavy atom. The average molecular weight is 309 g/mol. The van der Waals surface area contributed by atoms with Crippen molar-refractivity contribution in [1.29, 1.82) is 0 Å². The van der Waals surface area contributed by atoms with Crippen LogP contribution >= 0.6 is 0 Å². The lowest BCUT2D eigenvalue weighted by atomic mass is 10.3. The van der Waals surface area contributed by atoms with Crippen LogP contribution in [0.2, 0.25) is 0 Å². The first kappa shape index (κ1) is 15.5. The molecule has 0 radical (unpaired) electrons. The molecule has 0 amide bonds. The molecular weight excluding hydrogens is 290 g/mol. The van der Waals surface area contributed by atoms with E-state index in [2.05, 4.69) is 20.1 Å². The van der Waals surface area contributed by atoms with Gasteiger partial charge in [-0.15, -0.1) is 0 Å². The number of benzene rings is 1. The predicted molar refractivity (Wildman–Crippen MR) is 80.3 cm³/mol. The number of hydrogen-bond donors (Lipinski definition) is 2. The molecule has 8 heteroatoms. The highest BCUT2D eigenvalue weighted by Crippen LogP contribution is 2.20. The van der Waals surface area contributed by atoms with Crippen LogP contribution in [0.5, 0.6) is 0 Å². The summed E-state index contributed by atoms with van der Waals surface area (Å²) in [4.78, 5) is 4.22. The second kappa shape index (κ2) is 6.68. The van der Waals surface area contributed by atoms with Crippen molar-refractivity contribution < 1.29 is 8.42 Å². The summed E-state index contributed by atoms with van der Waals surface area (Å²) in [7, 11) is -1.88. The number of anilines is 1. The molecule has 0 aliphatic heterocycles. The lowest BCUT2D eigenvalue weighted by molar-refractivity contribution is 0.579. The molecule has 114 valence electrons. The molecule has 0 saturated heterocycles. The largest absolute Gasteiger partial charge is 0.384 e. The van der Waals surface area contributed by atoms with Crippen molar-refractivity contribution >= 4 is 15.7 Å². The van der Waals surface area contributed by atoms with Gasteiger partial charge in [0.15, 0.2) is 5.82 Å². The third-order valence-corrected chi connectivity index (χ3v) is 4.27. The van der Waals surface area contributed by atoms with Gasteiger partial charge in [-0.05, 0) is 18.6 Å². The highest BCUT2D eigenvalue weighted by Gasteiger charge is 2.18. The number of rotatable bonds is 7. The SMILES string of the molecule is CCCNc1ccccc1S(=O)(=O)NCc1ncn(C)n1. The van der Waals surface area contributed by atoms with Crippen LogP contribution in [0.15, 0.2) is 35.5 Å². The molecule has 0 fully saturated rings. The zero-order valence-electron chi connectivity index (χ0n) is 12.1. The molecule has 0 unspecified atom stereocenters. The fourth-order valence-electron chi connectivity index (χ4n) is 1.81. The van der Waals surface area contributed by atoms with Gasteiger partial charge in [0.2, 0.25) is 10.0 Å². The molecule has 0 bridgehead atoms. The van der Waals surface area contributed by atoms with Crippen LogP contribution in [0.4, 0.5) is 5.69 Å². The van der Waals surface area contributed by atoms with Gasteiger partial charge in [-0.3, -0.25) is 4.68 Å². The number of para-hydroxylation sites is 1. The van der Waals surface area contributed by atoms with Crippen LogP contribution in [0, 0.1) is 0 Å². The Morgan fingerprint density at radius 1 is 1.29 bits per heavy atom. The van der Waals surface area contributed by atoms with Gasteiger partial charge in [-0.25, -0.2) is 18.1 Å². The van der Waals surface area contributed by atoms with E-state index in [0.717, 1.165) is 6.42 Å². The number of nitrogens with one attached hydrogen (secondary N) is 2. The molecule has 1 aromatic carbocycles. The fraction of sp³-hybridized carbons (Fsp3) is 0.385. The Balaban J connectivity index is 2.15. The number of sulfonamides is 1. The number of aromatic nitrogens is 3. The monoisotopic (exact) mass is 309 g/mol. The van der Waals surface area contributed by atoms with Crippen LogP contribution in [-0.4, -0.2) is 29.7 Å². The van der Waals surface area contributed by atoms with Crippen molar-refractivity contribution in [2.45, 2.75) is 24.8 Å². The van der Waals surface area contributed by atoms with Gasteiger partial charge < -0.3 is 5.32 Å². The maximum absolute atomic E-state index is 12.4. The predicted octanol–water partition coefficient (Wildman–Crippen LogP) is 1.12. The molecule has 0 saturated carbocycles. The third kappa shape index (κ3) is 4.02. The van der Waals surface area contributed by atoms with Crippen LogP contribution < -0.4 is 10.0 Å². The molecule has 7 nitrogen and oxygen atoms in total. The molecule has 2 N–H and O–H groups in total. The van der Waals surface area contributed by atoms with Crippen LogP contribution in [-0.2, 0) is 23.6 Å². The molecule has 0 aliphatic rings. The Bertz CT molecular complexity index is 696. The van der Waals surface area contributed by atoms with E-state index in [1.54, 1.807) is 31.3 Å². The van der Waals surface area contributed by atoms with Gasteiger partial charge >= 0.3 is 0 Å². The third-order valence-electron chi connectivity index (χ3n) is 2.81. The Morgan fingerprint density at radius 2 is 2.05 bits per heavy atom. The number of aryl methyl sites for hydroxylation is 1. The number of nitrogens with zero attached hydrogens (tertiary/aromatic N) is 3. The molecule has 0 aliphatic carbocycles. The Hall–Kier alpha value is -1.93. The molecule has 21 heavy (non-hydrogen) atoms. The van der Waals surface area contributed by atoms with Gasteiger partial charge in [0.25, 0.3) is 0 Å². The minimum Gasteiger partial charge on any atom is -0.384 e. The second-order valence-corrected chi connectivity index (χ2v) is 6.32. The quantitative estimate of drug-likeness (QED) is 0.800. The smallest absolute Gasteiger partial charge is 0.243 e. The summed E-state index contributed by atoms with van der Waals surface area (Å²) < 4.78 is 28.8. The summed E-state index contributed by atoms with van der Waals surface area (Å²) >= 11 is 0. The summed E-state index contributed by atoms with van der Waals surface area (Å²) in [6.45, 7) is 2.80. The van der Waals surface area contributed by atoms with Crippen molar-refractivity contribution in [3.05, 3.63) is 36.4 Å². The highest BCUT2D eigenvalue weighted by molar-refractivity contribution is 7.89. The van der Waals surface area contributed by atoms with E-state index in [-0.39, 0.29) is 11.4 Å². The van der Waals surface area contributed by atoms with Crippen molar-refractivity contribution in [1.82, 2.24) is 19.5 Å². The normalized spacial score (nSPS) is 11.5. The standard InChI is InChI=1S/C13H19N5O2S/c1-3-8-14-11-6-4-5-7-12(11)21(19,20)16-9-13-15-10-18(2)17-13/h4-7,10,14,16H,3,8-9H2,1-2H3. The van der Waals surface area contributed by atoms with Gasteiger partial charge in [0.05, 0.1) is 12.2 Å². The fourth-order valence-corrected chi connectivity index (χ4v) is 2.97. The first-order chi connectivity index (χ1) is 10.0. The molecule has 1 heterocycles. The lowest BCUT2D eigenvalue weighted by Gasteiger charge is -2.12. The highest BCUT2D eigenvalue weighted by atomic mass is 32.2. The van der Waals surface area contributed by atoms with Gasteiger partial charge in [0, 0.05) is 13.6 Å².